The third-order valence-electron chi connectivity index (χ3n) is 5.94. The molecule has 1 aromatic heterocycles. The standard InChI is InChI=1S/C26H23N/c1-16-13-17(2)15-19(14-16)25-23-21-10-9-18-7-5-6-8-20(18)24(21)26(3,4)22(23)11-12-27-25/h5-15H,1-4H3. The van der Waals surface area contributed by atoms with E-state index in [1.54, 1.807) is 0 Å². The molecule has 1 heterocycles. The third-order valence-corrected chi connectivity index (χ3v) is 5.94. The maximum atomic E-state index is 4.85. The van der Waals surface area contributed by atoms with Crippen molar-refractivity contribution in [3.05, 3.63) is 89.1 Å². The fraction of sp³-hybridized carbons (Fsp3) is 0.192. The Morgan fingerprint density at radius 3 is 2.33 bits per heavy atom. The van der Waals surface area contributed by atoms with Crippen LogP contribution < -0.4 is 0 Å². The molecule has 0 N–H and O–H groups in total. The molecule has 0 amide bonds. The second-order valence-electron chi connectivity index (χ2n) is 8.29. The summed E-state index contributed by atoms with van der Waals surface area (Å²) in [5.74, 6) is 0. The lowest BCUT2D eigenvalue weighted by Gasteiger charge is -2.23. The largest absolute Gasteiger partial charge is 0.256 e. The van der Waals surface area contributed by atoms with Crippen LogP contribution >= 0.6 is 0 Å². The predicted octanol–water partition coefficient (Wildman–Crippen LogP) is 6.82. The highest BCUT2D eigenvalue weighted by molar-refractivity contribution is 6.00. The second kappa shape index (κ2) is 5.53. The first-order chi connectivity index (χ1) is 13.0. The van der Waals surface area contributed by atoms with E-state index in [9.17, 15) is 0 Å². The van der Waals surface area contributed by atoms with E-state index in [2.05, 4.69) is 88.4 Å². The van der Waals surface area contributed by atoms with Crippen molar-refractivity contribution < 1.29 is 0 Å². The molecule has 0 unspecified atom stereocenters. The van der Waals surface area contributed by atoms with Crippen molar-refractivity contribution >= 4 is 10.8 Å². The summed E-state index contributed by atoms with van der Waals surface area (Å²) in [5, 5.41) is 2.65. The molecule has 1 nitrogen and oxygen atoms in total. The molecule has 0 aliphatic heterocycles. The van der Waals surface area contributed by atoms with Gasteiger partial charge in [-0.1, -0.05) is 67.4 Å². The van der Waals surface area contributed by atoms with Crippen LogP contribution in [0.1, 0.15) is 36.1 Å². The average molecular weight is 349 g/mol. The maximum absolute atomic E-state index is 4.85. The van der Waals surface area contributed by atoms with Crippen molar-refractivity contribution in [3.63, 3.8) is 0 Å². The van der Waals surface area contributed by atoms with Crippen LogP contribution in [0.2, 0.25) is 0 Å². The summed E-state index contributed by atoms with van der Waals surface area (Å²) in [6.07, 6.45) is 1.97. The molecule has 4 aromatic rings. The van der Waals surface area contributed by atoms with Gasteiger partial charge in [0.25, 0.3) is 0 Å². The van der Waals surface area contributed by atoms with Gasteiger partial charge in [0.15, 0.2) is 0 Å². The van der Waals surface area contributed by atoms with E-state index < -0.39 is 0 Å². The van der Waals surface area contributed by atoms with Crippen LogP contribution in [0.4, 0.5) is 0 Å². The van der Waals surface area contributed by atoms with E-state index in [1.165, 1.54) is 49.7 Å². The van der Waals surface area contributed by atoms with E-state index >= 15 is 0 Å². The van der Waals surface area contributed by atoms with Gasteiger partial charge in [-0.2, -0.15) is 0 Å². The van der Waals surface area contributed by atoms with Crippen molar-refractivity contribution in [2.45, 2.75) is 33.1 Å². The molecule has 0 fully saturated rings. The van der Waals surface area contributed by atoms with Crippen molar-refractivity contribution in [2.24, 2.45) is 0 Å². The fourth-order valence-corrected chi connectivity index (χ4v) is 4.87. The highest BCUT2D eigenvalue weighted by Gasteiger charge is 2.38. The van der Waals surface area contributed by atoms with Gasteiger partial charge in [0.05, 0.1) is 5.69 Å². The molecule has 1 heteroatoms. The Hall–Kier alpha value is -2.93. The smallest absolute Gasteiger partial charge is 0.0783 e. The first kappa shape index (κ1) is 16.3. The Morgan fingerprint density at radius 1 is 0.815 bits per heavy atom. The number of rotatable bonds is 1. The number of benzene rings is 3. The van der Waals surface area contributed by atoms with Gasteiger partial charge in [-0.25, -0.2) is 0 Å². The fourth-order valence-electron chi connectivity index (χ4n) is 4.87. The Bertz CT molecular complexity index is 1190. The Balaban J connectivity index is 1.89. The summed E-state index contributed by atoms with van der Waals surface area (Å²) in [4.78, 5) is 4.85. The molecule has 132 valence electrons. The van der Waals surface area contributed by atoms with Crippen molar-refractivity contribution in [1.82, 2.24) is 4.98 Å². The number of pyridine rings is 1. The van der Waals surface area contributed by atoms with E-state index in [1.807, 2.05) is 6.20 Å². The summed E-state index contributed by atoms with van der Waals surface area (Å²) in [6.45, 7) is 9.00. The molecule has 0 radical (unpaired) electrons. The van der Waals surface area contributed by atoms with Gasteiger partial charge in [0.2, 0.25) is 0 Å². The molecule has 0 atom stereocenters. The minimum Gasteiger partial charge on any atom is -0.256 e. The number of hydrogen-bond acceptors (Lipinski definition) is 1. The van der Waals surface area contributed by atoms with Crippen LogP contribution in [0.3, 0.4) is 0 Å². The number of hydrogen-bond donors (Lipinski definition) is 0. The molecule has 0 spiro atoms. The van der Waals surface area contributed by atoms with Gasteiger partial charge in [-0.15, -0.1) is 0 Å². The predicted molar refractivity (Wildman–Crippen MR) is 114 cm³/mol. The van der Waals surface area contributed by atoms with E-state index in [-0.39, 0.29) is 5.41 Å². The summed E-state index contributed by atoms with van der Waals surface area (Å²) in [6, 6.07) is 22.2. The molecular formula is C26H23N. The number of nitrogens with zero attached hydrogens (tertiary/aromatic N) is 1. The van der Waals surface area contributed by atoms with Gasteiger partial charge in [0, 0.05) is 22.7 Å². The van der Waals surface area contributed by atoms with Gasteiger partial charge in [0.1, 0.15) is 0 Å². The lowest BCUT2D eigenvalue weighted by Crippen LogP contribution is -2.15. The topological polar surface area (TPSA) is 12.9 Å². The van der Waals surface area contributed by atoms with Crippen molar-refractivity contribution in [2.75, 3.05) is 0 Å². The van der Waals surface area contributed by atoms with Gasteiger partial charge in [-0.3, -0.25) is 4.98 Å². The first-order valence-electron chi connectivity index (χ1n) is 9.57. The molecule has 1 aliphatic carbocycles. The molecule has 0 bridgehead atoms. The van der Waals surface area contributed by atoms with Crippen LogP contribution in [0, 0.1) is 13.8 Å². The Labute approximate surface area is 160 Å². The molecule has 3 aromatic carbocycles. The molecule has 0 saturated carbocycles. The summed E-state index contributed by atoms with van der Waals surface area (Å²) < 4.78 is 0. The molecule has 1 aliphatic rings. The molecule has 5 rings (SSSR count). The van der Waals surface area contributed by atoms with E-state index in [0.29, 0.717) is 0 Å². The average Bonchev–Trinajstić information content (AvgIpc) is 2.89. The quantitative estimate of drug-likeness (QED) is 0.367. The lowest BCUT2D eigenvalue weighted by molar-refractivity contribution is 0.665. The van der Waals surface area contributed by atoms with Crippen LogP contribution in [-0.4, -0.2) is 4.98 Å². The summed E-state index contributed by atoms with van der Waals surface area (Å²) >= 11 is 0. The van der Waals surface area contributed by atoms with Gasteiger partial charge in [-0.05, 0) is 59.5 Å². The molecule has 27 heavy (non-hydrogen) atoms. The number of fused-ring (bicyclic) bond motifs is 5. The van der Waals surface area contributed by atoms with E-state index in [4.69, 9.17) is 4.98 Å². The lowest BCUT2D eigenvalue weighted by atomic mass is 9.80. The monoisotopic (exact) mass is 349 g/mol. The normalized spacial score (nSPS) is 14.2. The van der Waals surface area contributed by atoms with Crippen LogP contribution in [0.5, 0.6) is 0 Å². The minimum absolute atomic E-state index is 0.0396. The van der Waals surface area contributed by atoms with Crippen LogP contribution in [0.15, 0.2) is 66.9 Å². The van der Waals surface area contributed by atoms with Crippen molar-refractivity contribution in [1.29, 1.82) is 0 Å². The SMILES string of the molecule is Cc1cc(C)cc(-c2nccc3c2-c2ccc4ccccc4c2C3(C)C)c1. The number of aromatic nitrogens is 1. The van der Waals surface area contributed by atoms with E-state index in [0.717, 1.165) is 5.69 Å². The van der Waals surface area contributed by atoms with Crippen molar-refractivity contribution in [3.8, 4) is 22.4 Å². The maximum Gasteiger partial charge on any atom is 0.0783 e. The van der Waals surface area contributed by atoms with Gasteiger partial charge < -0.3 is 0 Å². The molecular weight excluding hydrogens is 326 g/mol. The highest BCUT2D eigenvalue weighted by atomic mass is 14.7. The minimum atomic E-state index is -0.0396. The summed E-state index contributed by atoms with van der Waals surface area (Å²) in [7, 11) is 0. The first-order valence-corrected chi connectivity index (χ1v) is 9.57. The third kappa shape index (κ3) is 2.28. The zero-order chi connectivity index (χ0) is 18.8. The zero-order valence-corrected chi connectivity index (χ0v) is 16.3. The Kier molecular flexibility index (Phi) is 3.33. The zero-order valence-electron chi connectivity index (χ0n) is 16.3. The van der Waals surface area contributed by atoms with Gasteiger partial charge >= 0.3 is 0 Å². The summed E-state index contributed by atoms with van der Waals surface area (Å²) in [5.41, 5.74) is 10.3. The number of aryl methyl sites for hydroxylation is 2. The second-order valence-corrected chi connectivity index (χ2v) is 8.29. The van der Waals surface area contributed by atoms with Crippen LogP contribution in [-0.2, 0) is 5.41 Å². The molecule has 0 saturated heterocycles. The van der Waals surface area contributed by atoms with Crippen LogP contribution in [0.25, 0.3) is 33.2 Å². The highest BCUT2D eigenvalue weighted by Crippen LogP contribution is 2.53. The Morgan fingerprint density at radius 2 is 1.56 bits per heavy atom.